The highest BCUT2D eigenvalue weighted by Gasteiger charge is 2.23. The van der Waals surface area contributed by atoms with Crippen LogP contribution in [0.3, 0.4) is 0 Å². The summed E-state index contributed by atoms with van der Waals surface area (Å²) in [7, 11) is 1.43. The molecule has 0 saturated carbocycles. The molecule has 1 aromatic heterocycles. The standard InChI is InChI=1S/C21H15FN4O3/c1-28-17-7-3-6-14(19(17)29-11-12-4-2-5-13(22)8-12)18-15(9-23)20(25)26-21(27)16(18)10-24/h2-8H,11H2,1H3,(H3,25,26,27). The predicted octanol–water partition coefficient (Wildman–Crippen LogP) is 3.09. The lowest BCUT2D eigenvalue weighted by atomic mass is 9.95. The lowest BCUT2D eigenvalue weighted by Gasteiger charge is -2.17. The van der Waals surface area contributed by atoms with E-state index in [9.17, 15) is 19.7 Å². The van der Waals surface area contributed by atoms with Crippen LogP contribution < -0.4 is 20.8 Å². The van der Waals surface area contributed by atoms with Crippen LogP contribution in [0.1, 0.15) is 16.7 Å². The zero-order valence-electron chi connectivity index (χ0n) is 15.3. The van der Waals surface area contributed by atoms with Gasteiger partial charge in [-0.05, 0) is 23.8 Å². The van der Waals surface area contributed by atoms with Crippen molar-refractivity contribution in [1.29, 1.82) is 10.5 Å². The Labute approximate surface area is 165 Å². The second kappa shape index (κ2) is 8.15. The highest BCUT2D eigenvalue weighted by Crippen LogP contribution is 2.41. The smallest absolute Gasteiger partial charge is 0.268 e. The first-order chi connectivity index (χ1) is 14.0. The maximum Gasteiger partial charge on any atom is 0.268 e. The summed E-state index contributed by atoms with van der Waals surface area (Å²) in [6.45, 7) is -0.00637. The Morgan fingerprint density at radius 3 is 2.52 bits per heavy atom. The van der Waals surface area contributed by atoms with Gasteiger partial charge in [-0.3, -0.25) is 4.79 Å². The normalized spacial score (nSPS) is 10.1. The third kappa shape index (κ3) is 3.73. The summed E-state index contributed by atoms with van der Waals surface area (Å²) in [5.74, 6) is -0.0690. The van der Waals surface area contributed by atoms with E-state index in [0.717, 1.165) is 0 Å². The van der Waals surface area contributed by atoms with E-state index >= 15 is 0 Å². The molecule has 0 aliphatic rings. The van der Waals surface area contributed by atoms with Gasteiger partial charge in [0.25, 0.3) is 5.56 Å². The van der Waals surface area contributed by atoms with Crippen LogP contribution in [0, 0.1) is 28.5 Å². The van der Waals surface area contributed by atoms with Crippen LogP contribution in [-0.2, 0) is 6.61 Å². The van der Waals surface area contributed by atoms with Gasteiger partial charge in [-0.2, -0.15) is 10.5 Å². The van der Waals surface area contributed by atoms with E-state index in [1.807, 2.05) is 12.1 Å². The number of nitrogens with two attached hydrogens (primary N) is 1. The quantitative estimate of drug-likeness (QED) is 0.690. The molecule has 0 radical (unpaired) electrons. The van der Waals surface area contributed by atoms with Gasteiger partial charge in [0.15, 0.2) is 11.5 Å². The van der Waals surface area contributed by atoms with E-state index < -0.39 is 11.4 Å². The van der Waals surface area contributed by atoms with E-state index in [2.05, 4.69) is 4.98 Å². The fourth-order valence-corrected chi connectivity index (χ4v) is 2.92. The second-order valence-electron chi connectivity index (χ2n) is 5.97. The van der Waals surface area contributed by atoms with Crippen LogP contribution in [-0.4, -0.2) is 12.1 Å². The summed E-state index contributed by atoms with van der Waals surface area (Å²) in [4.78, 5) is 14.5. The van der Waals surface area contributed by atoms with E-state index in [0.29, 0.717) is 11.3 Å². The number of pyridine rings is 1. The SMILES string of the molecule is COc1cccc(-c2c(C#N)c(N)[nH]c(=O)c2C#N)c1OCc1cccc(F)c1. The zero-order valence-corrected chi connectivity index (χ0v) is 15.3. The molecular weight excluding hydrogens is 375 g/mol. The average molecular weight is 390 g/mol. The van der Waals surface area contributed by atoms with Crippen LogP contribution >= 0.6 is 0 Å². The molecule has 0 bridgehead atoms. The number of ether oxygens (including phenoxy) is 2. The molecule has 3 aromatic rings. The van der Waals surface area contributed by atoms with Crippen molar-refractivity contribution >= 4 is 5.82 Å². The Balaban J connectivity index is 2.21. The first kappa shape index (κ1) is 19.5. The van der Waals surface area contributed by atoms with E-state index in [1.54, 1.807) is 30.3 Å². The number of nitrogen functional groups attached to an aromatic ring is 1. The van der Waals surface area contributed by atoms with Crippen LogP contribution in [0.2, 0.25) is 0 Å². The minimum atomic E-state index is -0.724. The topological polar surface area (TPSA) is 125 Å². The summed E-state index contributed by atoms with van der Waals surface area (Å²) in [6.07, 6.45) is 0. The maximum atomic E-state index is 13.5. The van der Waals surface area contributed by atoms with Crippen molar-refractivity contribution in [2.45, 2.75) is 6.61 Å². The Bertz CT molecular complexity index is 1220. The number of methoxy groups -OCH3 is 1. The third-order valence-corrected chi connectivity index (χ3v) is 4.21. The zero-order chi connectivity index (χ0) is 21.0. The molecule has 7 nitrogen and oxygen atoms in total. The summed E-state index contributed by atoms with van der Waals surface area (Å²) in [6, 6.07) is 14.4. The van der Waals surface area contributed by atoms with Crippen LogP contribution in [0.15, 0.2) is 47.3 Å². The lowest BCUT2D eigenvalue weighted by Crippen LogP contribution is -2.16. The number of benzene rings is 2. The summed E-state index contributed by atoms with van der Waals surface area (Å²) >= 11 is 0. The minimum absolute atomic E-state index is 0.00637. The van der Waals surface area contributed by atoms with Gasteiger partial charge in [-0.15, -0.1) is 0 Å². The van der Waals surface area contributed by atoms with Crippen molar-refractivity contribution < 1.29 is 13.9 Å². The number of hydrogen-bond donors (Lipinski definition) is 2. The number of hydrogen-bond acceptors (Lipinski definition) is 6. The van der Waals surface area contributed by atoms with Gasteiger partial charge >= 0.3 is 0 Å². The molecule has 144 valence electrons. The lowest BCUT2D eigenvalue weighted by molar-refractivity contribution is 0.285. The van der Waals surface area contributed by atoms with Crippen LogP contribution in [0.25, 0.3) is 11.1 Å². The van der Waals surface area contributed by atoms with Crippen LogP contribution in [0.5, 0.6) is 11.5 Å². The number of para-hydroxylation sites is 1. The highest BCUT2D eigenvalue weighted by atomic mass is 19.1. The minimum Gasteiger partial charge on any atom is -0.493 e. The number of aromatic amines is 1. The van der Waals surface area contributed by atoms with Crippen molar-refractivity contribution in [2.75, 3.05) is 12.8 Å². The molecule has 1 heterocycles. The van der Waals surface area contributed by atoms with E-state index in [4.69, 9.17) is 15.2 Å². The van der Waals surface area contributed by atoms with Gasteiger partial charge in [0.2, 0.25) is 0 Å². The Kier molecular flexibility index (Phi) is 5.47. The fraction of sp³-hybridized carbons (Fsp3) is 0.0952. The highest BCUT2D eigenvalue weighted by molar-refractivity contribution is 5.85. The molecule has 0 saturated heterocycles. The molecule has 0 amide bonds. The first-order valence-electron chi connectivity index (χ1n) is 8.40. The number of nitrogens with one attached hydrogen (secondary N) is 1. The number of halogens is 1. The average Bonchev–Trinajstić information content (AvgIpc) is 2.71. The van der Waals surface area contributed by atoms with E-state index in [-0.39, 0.29) is 40.4 Å². The molecule has 3 rings (SSSR count). The van der Waals surface area contributed by atoms with Crippen LogP contribution in [0.4, 0.5) is 10.2 Å². The second-order valence-corrected chi connectivity index (χ2v) is 5.97. The molecule has 3 N–H and O–H groups in total. The number of nitriles is 2. The first-order valence-corrected chi connectivity index (χ1v) is 8.40. The number of anilines is 1. The van der Waals surface area contributed by atoms with Gasteiger partial charge in [0.1, 0.15) is 41.5 Å². The summed E-state index contributed by atoms with van der Waals surface area (Å²) < 4.78 is 24.7. The third-order valence-electron chi connectivity index (χ3n) is 4.21. The summed E-state index contributed by atoms with van der Waals surface area (Å²) in [5, 5.41) is 19.0. The van der Waals surface area contributed by atoms with E-state index in [1.165, 1.54) is 19.2 Å². The molecular formula is C21H15FN4O3. The molecule has 0 aliphatic carbocycles. The number of rotatable bonds is 5. The molecule has 2 aromatic carbocycles. The predicted molar refractivity (Wildman–Crippen MR) is 104 cm³/mol. The molecule has 0 spiro atoms. The maximum absolute atomic E-state index is 13.5. The Morgan fingerprint density at radius 1 is 1.14 bits per heavy atom. The Hall–Kier alpha value is -4.30. The van der Waals surface area contributed by atoms with Gasteiger partial charge in [0.05, 0.1) is 7.11 Å². The van der Waals surface area contributed by atoms with Crippen molar-refractivity contribution in [1.82, 2.24) is 4.98 Å². The fourth-order valence-electron chi connectivity index (χ4n) is 2.92. The van der Waals surface area contributed by atoms with Gasteiger partial charge in [-0.1, -0.05) is 24.3 Å². The molecule has 0 aliphatic heterocycles. The monoisotopic (exact) mass is 390 g/mol. The molecule has 0 unspecified atom stereocenters. The van der Waals surface area contributed by atoms with Gasteiger partial charge in [0, 0.05) is 11.1 Å². The number of aromatic nitrogens is 1. The molecule has 29 heavy (non-hydrogen) atoms. The van der Waals surface area contributed by atoms with Crippen molar-refractivity contribution in [3.63, 3.8) is 0 Å². The number of nitrogens with zero attached hydrogens (tertiary/aromatic N) is 2. The van der Waals surface area contributed by atoms with Crippen molar-refractivity contribution in [3.8, 4) is 34.8 Å². The summed E-state index contributed by atoms with van der Waals surface area (Å²) in [5.41, 5.74) is 5.62. The molecule has 8 heteroatoms. The largest absolute Gasteiger partial charge is 0.493 e. The van der Waals surface area contributed by atoms with Gasteiger partial charge < -0.3 is 20.2 Å². The van der Waals surface area contributed by atoms with Gasteiger partial charge in [-0.25, -0.2) is 4.39 Å². The van der Waals surface area contributed by atoms with Crippen molar-refractivity contribution in [3.05, 3.63) is 75.3 Å². The Morgan fingerprint density at radius 2 is 1.86 bits per heavy atom. The number of H-pyrrole nitrogens is 1. The molecule has 0 atom stereocenters. The van der Waals surface area contributed by atoms with Crippen molar-refractivity contribution in [2.24, 2.45) is 0 Å². The molecule has 0 fully saturated rings.